The quantitative estimate of drug-likeness (QED) is 0.398. The first-order valence-corrected chi connectivity index (χ1v) is 7.01. The molecule has 1 amide bonds. The Hall–Kier alpha value is -0.770. The molecule has 8 heteroatoms. The molecule has 5 atom stereocenters. The van der Waals surface area contributed by atoms with Gasteiger partial charge in [-0.05, 0) is 12.8 Å². The SMILES string of the molecule is COCCCCOC1OC(CO)C(O)C(O)C1NC(C)=O. The number of unbranched alkanes of at least 4 members (excludes halogenated alkanes) is 1. The van der Waals surface area contributed by atoms with Crippen LogP contribution in [0, 0.1) is 0 Å². The summed E-state index contributed by atoms with van der Waals surface area (Å²) < 4.78 is 15.9. The third-order valence-electron chi connectivity index (χ3n) is 3.28. The number of carbonyl (C=O) groups is 1. The molecule has 4 N–H and O–H groups in total. The van der Waals surface area contributed by atoms with Crippen molar-refractivity contribution >= 4 is 5.91 Å². The first-order valence-electron chi connectivity index (χ1n) is 7.01. The van der Waals surface area contributed by atoms with Gasteiger partial charge >= 0.3 is 0 Å². The molecule has 5 unspecified atom stereocenters. The molecule has 1 fully saturated rings. The van der Waals surface area contributed by atoms with Gasteiger partial charge in [-0.1, -0.05) is 0 Å². The van der Waals surface area contributed by atoms with Gasteiger partial charge in [0.15, 0.2) is 6.29 Å². The molecular weight excluding hydrogens is 282 g/mol. The molecule has 21 heavy (non-hydrogen) atoms. The predicted octanol–water partition coefficient (Wildman–Crippen LogP) is -1.63. The molecule has 0 spiro atoms. The van der Waals surface area contributed by atoms with Crippen LogP contribution in [0.4, 0.5) is 0 Å². The third kappa shape index (κ3) is 5.50. The number of rotatable bonds is 8. The van der Waals surface area contributed by atoms with Gasteiger partial charge in [0.25, 0.3) is 0 Å². The van der Waals surface area contributed by atoms with E-state index in [0.29, 0.717) is 13.2 Å². The fraction of sp³-hybridized carbons (Fsp3) is 0.923. The van der Waals surface area contributed by atoms with Crippen molar-refractivity contribution in [3.8, 4) is 0 Å². The number of ether oxygens (including phenoxy) is 3. The number of aliphatic hydroxyl groups excluding tert-OH is 3. The van der Waals surface area contributed by atoms with Gasteiger partial charge in [-0.2, -0.15) is 0 Å². The number of aliphatic hydroxyl groups is 3. The van der Waals surface area contributed by atoms with Crippen LogP contribution >= 0.6 is 0 Å². The molecular formula is C13H25NO7. The summed E-state index contributed by atoms with van der Waals surface area (Å²) in [6.07, 6.45) is -2.91. The first kappa shape index (κ1) is 18.3. The molecule has 8 nitrogen and oxygen atoms in total. The van der Waals surface area contributed by atoms with Crippen molar-refractivity contribution in [3.05, 3.63) is 0 Å². The lowest BCUT2D eigenvalue weighted by atomic mass is 9.97. The van der Waals surface area contributed by atoms with Gasteiger partial charge < -0.3 is 34.8 Å². The molecule has 1 rings (SSSR count). The minimum Gasteiger partial charge on any atom is -0.394 e. The average molecular weight is 307 g/mol. The van der Waals surface area contributed by atoms with Crippen molar-refractivity contribution in [3.63, 3.8) is 0 Å². The summed E-state index contributed by atoms with van der Waals surface area (Å²) in [5, 5.41) is 31.5. The molecule has 124 valence electrons. The van der Waals surface area contributed by atoms with E-state index < -0.39 is 37.3 Å². The molecule has 0 bridgehead atoms. The zero-order chi connectivity index (χ0) is 15.8. The second-order valence-electron chi connectivity index (χ2n) is 5.00. The Kier molecular flexibility index (Phi) is 8.09. The summed E-state index contributed by atoms with van der Waals surface area (Å²) in [6.45, 7) is 1.82. The number of amides is 1. The standard InChI is InChI=1S/C13H25NO7/c1-8(16)14-10-12(18)11(17)9(7-15)21-13(10)20-6-4-3-5-19-2/h9-13,15,17-18H,3-7H2,1-2H3,(H,14,16). The van der Waals surface area contributed by atoms with Crippen LogP contribution in [0.15, 0.2) is 0 Å². The number of hydrogen-bond donors (Lipinski definition) is 4. The molecule has 0 saturated carbocycles. The maximum absolute atomic E-state index is 11.2. The normalized spacial score (nSPS) is 32.9. The van der Waals surface area contributed by atoms with E-state index in [4.69, 9.17) is 19.3 Å². The number of nitrogens with one attached hydrogen (secondary N) is 1. The average Bonchev–Trinajstić information content (AvgIpc) is 2.45. The Morgan fingerprint density at radius 3 is 2.48 bits per heavy atom. The second-order valence-corrected chi connectivity index (χ2v) is 5.00. The molecule has 0 aliphatic carbocycles. The highest BCUT2D eigenvalue weighted by Crippen LogP contribution is 2.22. The maximum Gasteiger partial charge on any atom is 0.217 e. The van der Waals surface area contributed by atoms with Gasteiger partial charge in [0.2, 0.25) is 5.91 Å². The van der Waals surface area contributed by atoms with Crippen LogP contribution in [-0.2, 0) is 19.0 Å². The highest BCUT2D eigenvalue weighted by atomic mass is 16.7. The number of methoxy groups -OCH3 is 1. The van der Waals surface area contributed by atoms with Crippen molar-refractivity contribution in [2.75, 3.05) is 26.9 Å². The lowest BCUT2D eigenvalue weighted by Gasteiger charge is -2.42. The minimum atomic E-state index is -1.29. The van der Waals surface area contributed by atoms with Gasteiger partial charge in [-0.3, -0.25) is 4.79 Å². The minimum absolute atomic E-state index is 0.352. The van der Waals surface area contributed by atoms with Crippen molar-refractivity contribution in [1.29, 1.82) is 0 Å². The van der Waals surface area contributed by atoms with E-state index in [2.05, 4.69) is 5.32 Å². The summed E-state index contributed by atoms with van der Waals surface area (Å²) in [5.41, 5.74) is 0. The summed E-state index contributed by atoms with van der Waals surface area (Å²) >= 11 is 0. The third-order valence-corrected chi connectivity index (χ3v) is 3.28. The van der Waals surface area contributed by atoms with E-state index in [1.807, 2.05) is 0 Å². The van der Waals surface area contributed by atoms with Crippen molar-refractivity contribution < 1.29 is 34.3 Å². The smallest absolute Gasteiger partial charge is 0.217 e. The molecule has 1 aliphatic heterocycles. The van der Waals surface area contributed by atoms with Gasteiger partial charge in [0, 0.05) is 27.2 Å². The summed E-state index contributed by atoms with van der Waals surface area (Å²) in [7, 11) is 1.61. The Morgan fingerprint density at radius 2 is 1.90 bits per heavy atom. The van der Waals surface area contributed by atoms with Crippen LogP contribution in [0.1, 0.15) is 19.8 Å². The monoisotopic (exact) mass is 307 g/mol. The molecule has 1 saturated heterocycles. The fourth-order valence-electron chi connectivity index (χ4n) is 2.16. The lowest BCUT2D eigenvalue weighted by Crippen LogP contribution is -2.64. The molecule has 0 aromatic heterocycles. The lowest BCUT2D eigenvalue weighted by molar-refractivity contribution is -0.270. The fourth-order valence-corrected chi connectivity index (χ4v) is 2.16. The van der Waals surface area contributed by atoms with Crippen molar-refractivity contribution in [2.24, 2.45) is 0 Å². The zero-order valence-electron chi connectivity index (χ0n) is 12.4. The van der Waals surface area contributed by atoms with E-state index in [0.717, 1.165) is 12.8 Å². The van der Waals surface area contributed by atoms with Crippen LogP contribution in [0.2, 0.25) is 0 Å². The van der Waals surface area contributed by atoms with Crippen LogP contribution < -0.4 is 5.32 Å². The van der Waals surface area contributed by atoms with Gasteiger partial charge in [-0.15, -0.1) is 0 Å². The van der Waals surface area contributed by atoms with Crippen LogP contribution in [0.5, 0.6) is 0 Å². The van der Waals surface area contributed by atoms with E-state index in [1.54, 1.807) is 7.11 Å². The predicted molar refractivity (Wildman–Crippen MR) is 72.4 cm³/mol. The zero-order valence-corrected chi connectivity index (χ0v) is 12.4. The van der Waals surface area contributed by atoms with Gasteiger partial charge in [0.05, 0.1) is 6.61 Å². The maximum atomic E-state index is 11.2. The van der Waals surface area contributed by atoms with Gasteiger partial charge in [0.1, 0.15) is 24.4 Å². The molecule has 1 heterocycles. The van der Waals surface area contributed by atoms with E-state index in [9.17, 15) is 15.0 Å². The second kappa shape index (κ2) is 9.29. The topological polar surface area (TPSA) is 117 Å². The van der Waals surface area contributed by atoms with Crippen LogP contribution in [-0.4, -0.2) is 78.8 Å². The van der Waals surface area contributed by atoms with E-state index in [1.165, 1.54) is 6.92 Å². The van der Waals surface area contributed by atoms with Crippen LogP contribution in [0.3, 0.4) is 0 Å². The van der Waals surface area contributed by atoms with E-state index >= 15 is 0 Å². The van der Waals surface area contributed by atoms with E-state index in [-0.39, 0.29) is 5.91 Å². The summed E-state index contributed by atoms with van der Waals surface area (Å²) in [4.78, 5) is 11.2. The number of carbonyl (C=O) groups excluding carboxylic acids is 1. The molecule has 0 aromatic rings. The van der Waals surface area contributed by atoms with Gasteiger partial charge in [-0.25, -0.2) is 0 Å². The van der Waals surface area contributed by atoms with Crippen LogP contribution in [0.25, 0.3) is 0 Å². The largest absolute Gasteiger partial charge is 0.394 e. The number of hydrogen-bond acceptors (Lipinski definition) is 7. The summed E-state index contributed by atoms with van der Waals surface area (Å²) in [6, 6.07) is -0.886. The Bertz CT molecular complexity index is 315. The Balaban J connectivity index is 2.58. The summed E-state index contributed by atoms with van der Waals surface area (Å²) in [5.74, 6) is -0.370. The first-order chi connectivity index (χ1) is 10.0. The molecule has 1 aliphatic rings. The molecule has 0 radical (unpaired) electrons. The van der Waals surface area contributed by atoms with Crippen molar-refractivity contribution in [1.82, 2.24) is 5.32 Å². The highest BCUT2D eigenvalue weighted by Gasteiger charge is 2.45. The molecule has 0 aromatic carbocycles. The Morgan fingerprint density at radius 1 is 1.24 bits per heavy atom. The Labute approximate surface area is 124 Å². The van der Waals surface area contributed by atoms with Crippen molar-refractivity contribution in [2.45, 2.75) is 50.4 Å². The highest BCUT2D eigenvalue weighted by molar-refractivity contribution is 5.73.